The fourth-order valence-electron chi connectivity index (χ4n) is 4.49. The van der Waals surface area contributed by atoms with Crippen LogP contribution in [-0.2, 0) is 17.5 Å². The van der Waals surface area contributed by atoms with Gasteiger partial charge in [0.05, 0.1) is 11.7 Å². The van der Waals surface area contributed by atoms with E-state index >= 15 is 0 Å². The Kier molecular flexibility index (Phi) is 6.20. The van der Waals surface area contributed by atoms with E-state index in [0.29, 0.717) is 24.6 Å². The SMILES string of the molecule is Cc1cnc(N(Cc2cc(Cl)cc(C(F)(F)F)c2)C2CC23CCN(C(=O)OC(C)C)C3)nc1. The molecular weight excluding hydrogens is 457 g/mol. The summed E-state index contributed by atoms with van der Waals surface area (Å²) in [7, 11) is 0. The van der Waals surface area contributed by atoms with Gasteiger partial charge in [-0.1, -0.05) is 11.6 Å². The molecule has 2 aromatic rings. The van der Waals surface area contributed by atoms with Gasteiger partial charge in [0.15, 0.2) is 0 Å². The highest BCUT2D eigenvalue weighted by Gasteiger charge is 2.61. The standard InChI is InChI=1S/C23H26ClF3N4O2/c1-14(2)33-21(32)30-5-4-22(13-30)9-19(22)31(20-28-10-15(3)11-29-20)12-16-6-17(23(25,26)27)8-18(24)7-16/h6-8,10-11,14,19H,4-5,9,12-13H2,1-3H3. The first-order valence-corrected chi connectivity index (χ1v) is 11.2. The number of aromatic nitrogens is 2. The third-order valence-electron chi connectivity index (χ3n) is 6.16. The maximum Gasteiger partial charge on any atom is 0.416 e. The molecule has 33 heavy (non-hydrogen) atoms. The smallest absolute Gasteiger partial charge is 0.416 e. The predicted molar refractivity (Wildman–Crippen MR) is 118 cm³/mol. The normalized spacial score (nSPS) is 22.2. The molecular formula is C23H26ClF3N4O2. The molecule has 2 fully saturated rings. The van der Waals surface area contributed by atoms with Crippen molar-refractivity contribution in [1.29, 1.82) is 0 Å². The Balaban J connectivity index is 1.59. The third-order valence-corrected chi connectivity index (χ3v) is 6.38. The van der Waals surface area contributed by atoms with Crippen LogP contribution in [0.1, 0.15) is 43.4 Å². The number of aryl methyl sites for hydroxylation is 1. The number of hydrogen-bond acceptors (Lipinski definition) is 5. The van der Waals surface area contributed by atoms with Gasteiger partial charge in [-0.3, -0.25) is 0 Å². The highest BCUT2D eigenvalue weighted by molar-refractivity contribution is 6.30. The van der Waals surface area contributed by atoms with Gasteiger partial charge in [0, 0.05) is 48.5 Å². The maximum absolute atomic E-state index is 13.3. The van der Waals surface area contributed by atoms with E-state index in [-0.39, 0.29) is 35.2 Å². The molecule has 0 N–H and O–H groups in total. The Morgan fingerprint density at radius 2 is 2.00 bits per heavy atom. The molecule has 1 aliphatic heterocycles. The van der Waals surface area contributed by atoms with Crippen LogP contribution < -0.4 is 4.90 Å². The zero-order valence-electron chi connectivity index (χ0n) is 18.7. The number of ether oxygens (including phenoxy) is 1. The first-order valence-electron chi connectivity index (χ1n) is 10.8. The quantitative estimate of drug-likeness (QED) is 0.565. The largest absolute Gasteiger partial charge is 0.447 e. The summed E-state index contributed by atoms with van der Waals surface area (Å²) in [6.45, 7) is 6.78. The number of carbonyl (C=O) groups excluding carboxylic acids is 1. The van der Waals surface area contributed by atoms with Crippen LogP contribution in [0, 0.1) is 12.3 Å². The fourth-order valence-corrected chi connectivity index (χ4v) is 4.75. The summed E-state index contributed by atoms with van der Waals surface area (Å²) < 4.78 is 45.3. The highest BCUT2D eigenvalue weighted by atomic mass is 35.5. The van der Waals surface area contributed by atoms with E-state index in [9.17, 15) is 18.0 Å². The molecule has 0 radical (unpaired) electrons. The molecule has 10 heteroatoms. The number of benzene rings is 1. The molecule has 2 unspecified atom stereocenters. The number of amides is 1. The van der Waals surface area contributed by atoms with E-state index in [1.54, 1.807) is 31.1 Å². The fraction of sp³-hybridized carbons (Fsp3) is 0.522. The van der Waals surface area contributed by atoms with Crippen LogP contribution in [-0.4, -0.2) is 46.2 Å². The van der Waals surface area contributed by atoms with Gasteiger partial charge >= 0.3 is 12.3 Å². The number of rotatable bonds is 5. The van der Waals surface area contributed by atoms with Gasteiger partial charge in [-0.25, -0.2) is 14.8 Å². The topological polar surface area (TPSA) is 58.6 Å². The molecule has 1 saturated heterocycles. The van der Waals surface area contributed by atoms with E-state index in [0.717, 1.165) is 30.5 Å². The van der Waals surface area contributed by atoms with E-state index in [1.807, 2.05) is 11.8 Å². The number of alkyl halides is 3. The summed E-state index contributed by atoms with van der Waals surface area (Å²) in [6, 6.07) is 3.56. The first kappa shape index (κ1) is 23.6. The molecule has 4 rings (SSSR count). The molecule has 2 aliphatic rings. The average molecular weight is 483 g/mol. The molecule has 1 aliphatic carbocycles. The Bertz CT molecular complexity index is 1030. The van der Waals surface area contributed by atoms with Crippen LogP contribution in [0.4, 0.5) is 23.9 Å². The second-order valence-corrected chi connectivity index (χ2v) is 9.66. The molecule has 2 heterocycles. The zero-order valence-corrected chi connectivity index (χ0v) is 19.5. The predicted octanol–water partition coefficient (Wildman–Crippen LogP) is 5.47. The average Bonchev–Trinajstić information content (AvgIpc) is 3.23. The molecule has 178 valence electrons. The number of carbonyl (C=O) groups is 1. The molecule has 1 amide bonds. The highest BCUT2D eigenvalue weighted by Crippen LogP contribution is 2.56. The van der Waals surface area contributed by atoms with Gasteiger partial charge in [-0.2, -0.15) is 13.2 Å². The maximum atomic E-state index is 13.3. The zero-order chi connectivity index (χ0) is 24.0. The number of likely N-dealkylation sites (tertiary alicyclic amines) is 1. The van der Waals surface area contributed by atoms with Gasteiger partial charge in [0.1, 0.15) is 0 Å². The molecule has 2 atom stereocenters. The number of halogens is 4. The van der Waals surface area contributed by atoms with Gasteiger partial charge in [-0.05, 0) is 62.9 Å². The van der Waals surface area contributed by atoms with Crippen LogP contribution in [0.15, 0.2) is 30.6 Å². The van der Waals surface area contributed by atoms with Crippen molar-refractivity contribution in [3.63, 3.8) is 0 Å². The molecule has 6 nitrogen and oxygen atoms in total. The van der Waals surface area contributed by atoms with Gasteiger partial charge < -0.3 is 14.5 Å². The Morgan fingerprint density at radius 1 is 1.30 bits per heavy atom. The lowest BCUT2D eigenvalue weighted by Gasteiger charge is -2.26. The van der Waals surface area contributed by atoms with E-state index in [4.69, 9.17) is 16.3 Å². The minimum absolute atomic E-state index is 0.00891. The van der Waals surface area contributed by atoms with Crippen molar-refractivity contribution in [2.24, 2.45) is 5.41 Å². The summed E-state index contributed by atoms with van der Waals surface area (Å²) in [5.41, 5.74) is 0.365. The van der Waals surface area contributed by atoms with E-state index in [1.165, 1.54) is 6.07 Å². The van der Waals surface area contributed by atoms with Gasteiger partial charge in [0.25, 0.3) is 0 Å². The minimum atomic E-state index is -4.49. The molecule has 1 aromatic heterocycles. The lowest BCUT2D eigenvalue weighted by molar-refractivity contribution is -0.137. The summed E-state index contributed by atoms with van der Waals surface area (Å²) in [5.74, 6) is 0.444. The summed E-state index contributed by atoms with van der Waals surface area (Å²) in [6.07, 6.45) is -0.0788. The van der Waals surface area contributed by atoms with Crippen molar-refractivity contribution >= 4 is 23.6 Å². The third kappa shape index (κ3) is 5.18. The van der Waals surface area contributed by atoms with Crippen molar-refractivity contribution in [3.8, 4) is 0 Å². The van der Waals surface area contributed by atoms with Crippen LogP contribution in [0.3, 0.4) is 0 Å². The number of nitrogens with zero attached hydrogens (tertiary/aromatic N) is 4. The number of hydrogen-bond donors (Lipinski definition) is 0. The van der Waals surface area contributed by atoms with Crippen molar-refractivity contribution in [1.82, 2.24) is 14.9 Å². The van der Waals surface area contributed by atoms with E-state index < -0.39 is 11.7 Å². The Labute approximate surface area is 195 Å². The van der Waals surface area contributed by atoms with Crippen LogP contribution in [0.5, 0.6) is 0 Å². The van der Waals surface area contributed by atoms with Crippen LogP contribution in [0.25, 0.3) is 0 Å². The summed E-state index contributed by atoms with van der Waals surface area (Å²) in [4.78, 5) is 24.9. The second-order valence-electron chi connectivity index (χ2n) is 9.22. The van der Waals surface area contributed by atoms with Gasteiger partial charge in [0.2, 0.25) is 5.95 Å². The van der Waals surface area contributed by atoms with Crippen molar-refractivity contribution in [3.05, 3.63) is 52.3 Å². The second kappa shape index (κ2) is 8.66. The molecule has 1 saturated carbocycles. The van der Waals surface area contributed by atoms with Crippen LogP contribution >= 0.6 is 11.6 Å². The lowest BCUT2D eigenvalue weighted by Crippen LogP contribution is -2.34. The number of anilines is 1. The summed E-state index contributed by atoms with van der Waals surface area (Å²) >= 11 is 6.01. The van der Waals surface area contributed by atoms with Crippen molar-refractivity contribution < 1.29 is 22.7 Å². The molecule has 1 aromatic carbocycles. The van der Waals surface area contributed by atoms with Crippen LogP contribution in [0.2, 0.25) is 5.02 Å². The van der Waals surface area contributed by atoms with Crippen molar-refractivity contribution in [2.75, 3.05) is 18.0 Å². The van der Waals surface area contributed by atoms with Crippen molar-refractivity contribution in [2.45, 2.75) is 58.5 Å². The first-order chi connectivity index (χ1) is 15.5. The minimum Gasteiger partial charge on any atom is -0.447 e. The van der Waals surface area contributed by atoms with E-state index in [2.05, 4.69) is 9.97 Å². The molecule has 1 spiro atoms. The lowest BCUT2D eigenvalue weighted by atomic mass is 10.0. The summed E-state index contributed by atoms with van der Waals surface area (Å²) in [5, 5.41) is 0.0265. The monoisotopic (exact) mass is 482 g/mol. The Morgan fingerprint density at radius 3 is 2.64 bits per heavy atom. The Hall–Kier alpha value is -2.55. The van der Waals surface area contributed by atoms with Gasteiger partial charge in [-0.15, -0.1) is 0 Å². The molecule has 0 bridgehead atoms.